The van der Waals surface area contributed by atoms with E-state index in [0.717, 1.165) is 36.7 Å². The van der Waals surface area contributed by atoms with Crippen LogP contribution in [0.15, 0.2) is 12.3 Å². The van der Waals surface area contributed by atoms with Gasteiger partial charge in [0.15, 0.2) is 0 Å². The van der Waals surface area contributed by atoms with E-state index in [4.69, 9.17) is 0 Å². The highest BCUT2D eigenvalue weighted by Crippen LogP contribution is 2.31. The van der Waals surface area contributed by atoms with Crippen molar-refractivity contribution in [3.05, 3.63) is 29.5 Å². The van der Waals surface area contributed by atoms with Crippen LogP contribution in [0.3, 0.4) is 0 Å². The van der Waals surface area contributed by atoms with Crippen LogP contribution in [0.5, 0.6) is 0 Å². The molecule has 1 atom stereocenters. The number of H-pyrrole nitrogens is 1. The Balaban J connectivity index is 1.88. The van der Waals surface area contributed by atoms with Crippen LogP contribution >= 0.6 is 0 Å². The van der Waals surface area contributed by atoms with Crippen molar-refractivity contribution in [3.63, 3.8) is 0 Å². The maximum absolute atomic E-state index is 10.9. The number of aliphatic hydroxyl groups is 1. The molecule has 2 aromatic heterocycles. The smallest absolute Gasteiger partial charge is 0.132 e. The number of aryl methyl sites for hydroxylation is 2. The number of aromatic amines is 1. The molecule has 7 heteroatoms. The van der Waals surface area contributed by atoms with Gasteiger partial charge in [0.25, 0.3) is 0 Å². The number of β-amino-alcohol motifs (C(OH)–C–C–N with tert-alkyl or cyclic N) is 1. The number of nitrogens with zero attached hydrogens (tertiary/aromatic N) is 5. The summed E-state index contributed by atoms with van der Waals surface area (Å²) < 4.78 is 0. The Kier molecular flexibility index (Phi) is 3.59. The molecule has 1 aliphatic heterocycles. The first kappa shape index (κ1) is 13.9. The zero-order valence-corrected chi connectivity index (χ0v) is 12.4. The van der Waals surface area contributed by atoms with Gasteiger partial charge in [0.1, 0.15) is 22.9 Å². The third kappa shape index (κ3) is 2.73. The highest BCUT2D eigenvalue weighted by Gasteiger charge is 2.37. The van der Waals surface area contributed by atoms with Gasteiger partial charge in [-0.1, -0.05) is 6.92 Å². The van der Waals surface area contributed by atoms with Crippen molar-refractivity contribution in [2.75, 3.05) is 18.0 Å². The molecule has 0 aliphatic carbocycles. The Morgan fingerprint density at radius 2 is 2.29 bits per heavy atom. The first-order valence-electron chi connectivity index (χ1n) is 7.29. The maximum Gasteiger partial charge on any atom is 0.132 e. The predicted molar refractivity (Wildman–Crippen MR) is 77.9 cm³/mol. The fourth-order valence-electron chi connectivity index (χ4n) is 2.82. The second-order valence-corrected chi connectivity index (χ2v) is 5.53. The molecule has 1 fully saturated rings. The van der Waals surface area contributed by atoms with Gasteiger partial charge in [-0.05, 0) is 26.2 Å². The molecule has 7 nitrogen and oxygen atoms in total. The first-order valence-corrected chi connectivity index (χ1v) is 7.29. The largest absolute Gasteiger partial charge is 0.382 e. The van der Waals surface area contributed by atoms with E-state index in [1.54, 1.807) is 6.20 Å². The zero-order valence-electron chi connectivity index (χ0n) is 12.4. The number of hydrogen-bond acceptors (Lipinski definition) is 6. The molecule has 112 valence electrons. The number of anilines is 1. The van der Waals surface area contributed by atoms with Crippen molar-refractivity contribution in [1.29, 1.82) is 0 Å². The molecular formula is C14H20N6O. The van der Waals surface area contributed by atoms with Gasteiger partial charge in [-0.2, -0.15) is 15.4 Å². The third-order valence-corrected chi connectivity index (χ3v) is 3.93. The normalized spacial score (nSPS) is 22.5. The molecule has 0 saturated carbocycles. The average Bonchev–Trinajstić information content (AvgIpc) is 3.01. The van der Waals surface area contributed by atoms with Crippen molar-refractivity contribution in [2.24, 2.45) is 0 Å². The molecule has 21 heavy (non-hydrogen) atoms. The Bertz CT molecular complexity index is 614. The molecule has 2 N–H and O–H groups in total. The molecule has 0 spiro atoms. The summed E-state index contributed by atoms with van der Waals surface area (Å²) in [5.74, 6) is 1.64. The van der Waals surface area contributed by atoms with Crippen molar-refractivity contribution in [1.82, 2.24) is 25.4 Å². The van der Waals surface area contributed by atoms with E-state index in [2.05, 4.69) is 37.2 Å². The van der Waals surface area contributed by atoms with Crippen molar-refractivity contribution < 1.29 is 5.11 Å². The van der Waals surface area contributed by atoms with Crippen LogP contribution in [0.4, 0.5) is 5.82 Å². The van der Waals surface area contributed by atoms with Crippen LogP contribution in [0, 0.1) is 6.92 Å². The highest BCUT2D eigenvalue weighted by atomic mass is 16.3. The number of hydrogen-bond donors (Lipinski definition) is 2. The Hall–Kier alpha value is -2.02. The molecule has 0 amide bonds. The van der Waals surface area contributed by atoms with Gasteiger partial charge in [0.05, 0.1) is 12.7 Å². The van der Waals surface area contributed by atoms with Crippen molar-refractivity contribution >= 4 is 5.82 Å². The molecule has 0 radical (unpaired) electrons. The van der Waals surface area contributed by atoms with E-state index in [1.165, 1.54) is 0 Å². The molecule has 1 aliphatic rings. The van der Waals surface area contributed by atoms with Crippen LogP contribution in [-0.4, -0.2) is 43.6 Å². The molecule has 3 rings (SSSR count). The summed E-state index contributed by atoms with van der Waals surface area (Å²) in [7, 11) is 0. The average molecular weight is 288 g/mol. The SMILES string of the molecule is CCc1cc(N2CCC[C@@](O)(c3cn[nH]n3)C2)nc(C)n1. The Morgan fingerprint density at radius 1 is 1.43 bits per heavy atom. The monoisotopic (exact) mass is 288 g/mol. The quantitative estimate of drug-likeness (QED) is 0.874. The zero-order chi connectivity index (χ0) is 14.9. The summed E-state index contributed by atoms with van der Waals surface area (Å²) in [5.41, 5.74) is 0.637. The predicted octanol–water partition coefficient (Wildman–Crippen LogP) is 0.954. The second kappa shape index (κ2) is 5.40. The second-order valence-electron chi connectivity index (χ2n) is 5.53. The lowest BCUT2D eigenvalue weighted by Crippen LogP contribution is -2.46. The number of rotatable bonds is 3. The summed E-state index contributed by atoms with van der Waals surface area (Å²) in [5, 5.41) is 21.3. The summed E-state index contributed by atoms with van der Waals surface area (Å²) in [6.07, 6.45) is 4.03. The lowest BCUT2D eigenvalue weighted by molar-refractivity contribution is 0.0174. The molecule has 0 aromatic carbocycles. The summed E-state index contributed by atoms with van der Waals surface area (Å²) >= 11 is 0. The molecule has 2 aromatic rings. The molecule has 0 bridgehead atoms. The van der Waals surface area contributed by atoms with Gasteiger partial charge in [0, 0.05) is 18.3 Å². The van der Waals surface area contributed by atoms with E-state index in [9.17, 15) is 5.11 Å². The van der Waals surface area contributed by atoms with Crippen LogP contribution in [0.25, 0.3) is 0 Å². The summed E-state index contributed by atoms with van der Waals surface area (Å²) in [6.45, 7) is 5.32. The van der Waals surface area contributed by atoms with E-state index in [0.29, 0.717) is 18.7 Å². The molecule has 1 saturated heterocycles. The van der Waals surface area contributed by atoms with Gasteiger partial charge < -0.3 is 10.0 Å². The summed E-state index contributed by atoms with van der Waals surface area (Å²) in [6, 6.07) is 2.00. The number of aromatic nitrogens is 5. The fourth-order valence-corrected chi connectivity index (χ4v) is 2.82. The Labute approximate surface area is 123 Å². The minimum Gasteiger partial charge on any atom is -0.382 e. The van der Waals surface area contributed by atoms with Crippen molar-refractivity contribution in [3.8, 4) is 0 Å². The van der Waals surface area contributed by atoms with Gasteiger partial charge in [-0.3, -0.25) is 0 Å². The lowest BCUT2D eigenvalue weighted by atomic mass is 9.90. The first-order chi connectivity index (χ1) is 10.1. The third-order valence-electron chi connectivity index (χ3n) is 3.93. The van der Waals surface area contributed by atoms with Gasteiger partial charge >= 0.3 is 0 Å². The molecule has 0 unspecified atom stereocenters. The van der Waals surface area contributed by atoms with Gasteiger partial charge in [-0.15, -0.1) is 0 Å². The number of piperidine rings is 1. The highest BCUT2D eigenvalue weighted by molar-refractivity contribution is 5.41. The summed E-state index contributed by atoms with van der Waals surface area (Å²) in [4.78, 5) is 11.0. The Morgan fingerprint density at radius 3 is 3.00 bits per heavy atom. The number of nitrogens with one attached hydrogen (secondary N) is 1. The van der Waals surface area contributed by atoms with Crippen LogP contribution in [0.2, 0.25) is 0 Å². The van der Waals surface area contributed by atoms with E-state index in [1.807, 2.05) is 13.0 Å². The van der Waals surface area contributed by atoms with Crippen molar-refractivity contribution in [2.45, 2.75) is 38.7 Å². The molecule has 3 heterocycles. The van der Waals surface area contributed by atoms with E-state index in [-0.39, 0.29) is 0 Å². The topological polar surface area (TPSA) is 90.8 Å². The van der Waals surface area contributed by atoms with Gasteiger partial charge in [0.2, 0.25) is 0 Å². The minimum absolute atomic E-state index is 0.471. The molecular weight excluding hydrogens is 268 g/mol. The fraction of sp³-hybridized carbons (Fsp3) is 0.571. The minimum atomic E-state index is -0.976. The maximum atomic E-state index is 10.9. The van der Waals surface area contributed by atoms with Crippen LogP contribution in [-0.2, 0) is 12.0 Å². The standard InChI is InChI=1S/C14H20N6O/c1-3-11-7-13(17-10(2)16-11)20-6-4-5-14(21,9-20)12-8-15-19-18-12/h7-8,21H,3-6,9H2,1-2H3,(H,15,18,19)/t14-/m0/s1. The van der Waals surface area contributed by atoms with E-state index < -0.39 is 5.60 Å². The van der Waals surface area contributed by atoms with Crippen LogP contribution < -0.4 is 4.90 Å². The van der Waals surface area contributed by atoms with Crippen LogP contribution in [0.1, 0.15) is 37.0 Å². The van der Waals surface area contributed by atoms with E-state index >= 15 is 0 Å². The lowest BCUT2D eigenvalue weighted by Gasteiger charge is -2.38. The van der Waals surface area contributed by atoms with Gasteiger partial charge in [-0.25, -0.2) is 9.97 Å².